The Morgan fingerprint density at radius 3 is 2.60 bits per heavy atom. The Morgan fingerprint density at radius 2 is 1.93 bits per heavy atom. The fourth-order valence-corrected chi connectivity index (χ4v) is 6.04. The van der Waals surface area contributed by atoms with Gasteiger partial charge in [-0.25, -0.2) is 0 Å². The van der Waals surface area contributed by atoms with Crippen molar-refractivity contribution in [3.63, 3.8) is 0 Å². The first-order chi connectivity index (χ1) is 6.96. The van der Waals surface area contributed by atoms with E-state index in [1.807, 2.05) is 0 Å². The molecule has 0 heteroatoms. The summed E-state index contributed by atoms with van der Waals surface area (Å²) >= 11 is 0. The fraction of sp³-hybridized carbons (Fsp3) is 0.867. The molecule has 0 bridgehead atoms. The van der Waals surface area contributed by atoms with E-state index in [1.165, 1.54) is 32.1 Å². The largest absolute Gasteiger partial charge is 0.0788 e. The van der Waals surface area contributed by atoms with Crippen LogP contribution in [0.4, 0.5) is 0 Å². The zero-order chi connectivity index (χ0) is 10.9. The maximum absolute atomic E-state index is 2.61. The molecule has 2 saturated carbocycles. The van der Waals surface area contributed by atoms with E-state index in [0.29, 0.717) is 16.2 Å². The Kier molecular flexibility index (Phi) is 1.67. The predicted molar refractivity (Wildman–Crippen MR) is 64.7 cm³/mol. The molecule has 15 heavy (non-hydrogen) atoms. The molecule has 0 spiro atoms. The molecule has 0 aliphatic heterocycles. The summed E-state index contributed by atoms with van der Waals surface area (Å²) in [6, 6.07) is 0. The van der Waals surface area contributed by atoms with Gasteiger partial charge in [0.05, 0.1) is 0 Å². The second-order valence-electron chi connectivity index (χ2n) is 6.90. The first-order valence-electron chi connectivity index (χ1n) is 6.66. The summed E-state index contributed by atoms with van der Waals surface area (Å²) in [5, 5.41) is 0. The SMILES string of the molecule is CC1=CC(C)(C)[C@]23CCC[C@]12CC[C@@H]3C. The lowest BCUT2D eigenvalue weighted by Crippen LogP contribution is -2.42. The molecule has 0 amide bonds. The molecule has 84 valence electrons. The Morgan fingerprint density at radius 1 is 1.20 bits per heavy atom. The Bertz CT molecular complexity index is 336. The summed E-state index contributed by atoms with van der Waals surface area (Å²) in [6.07, 6.45) is 9.98. The van der Waals surface area contributed by atoms with Crippen LogP contribution in [0.3, 0.4) is 0 Å². The number of hydrogen-bond donors (Lipinski definition) is 0. The molecule has 2 fully saturated rings. The first-order valence-corrected chi connectivity index (χ1v) is 6.66. The van der Waals surface area contributed by atoms with Gasteiger partial charge in [0.1, 0.15) is 0 Å². The van der Waals surface area contributed by atoms with Gasteiger partial charge in [-0.05, 0) is 54.8 Å². The van der Waals surface area contributed by atoms with E-state index in [1.54, 1.807) is 5.57 Å². The molecule has 3 atom stereocenters. The van der Waals surface area contributed by atoms with Crippen LogP contribution in [0, 0.1) is 22.2 Å². The van der Waals surface area contributed by atoms with Crippen LogP contribution in [0.25, 0.3) is 0 Å². The zero-order valence-corrected chi connectivity index (χ0v) is 10.7. The molecule has 3 aliphatic rings. The minimum Gasteiger partial charge on any atom is -0.0788 e. The summed E-state index contributed by atoms with van der Waals surface area (Å²) < 4.78 is 0. The van der Waals surface area contributed by atoms with Gasteiger partial charge in [-0.15, -0.1) is 0 Å². The molecule has 0 unspecified atom stereocenters. The molecule has 0 radical (unpaired) electrons. The number of hydrogen-bond acceptors (Lipinski definition) is 0. The van der Waals surface area contributed by atoms with Crippen molar-refractivity contribution in [2.45, 2.75) is 59.8 Å². The van der Waals surface area contributed by atoms with E-state index >= 15 is 0 Å². The van der Waals surface area contributed by atoms with Crippen molar-refractivity contribution in [2.24, 2.45) is 22.2 Å². The third-order valence-corrected chi connectivity index (χ3v) is 6.36. The van der Waals surface area contributed by atoms with Crippen molar-refractivity contribution < 1.29 is 0 Å². The molecule has 3 aliphatic carbocycles. The van der Waals surface area contributed by atoms with Crippen LogP contribution < -0.4 is 0 Å². The third-order valence-electron chi connectivity index (χ3n) is 6.36. The minimum absolute atomic E-state index is 0.448. The molecule has 0 nitrogen and oxygen atoms in total. The number of rotatable bonds is 0. The van der Waals surface area contributed by atoms with Crippen molar-refractivity contribution in [2.75, 3.05) is 0 Å². The molecule has 3 rings (SSSR count). The van der Waals surface area contributed by atoms with Gasteiger partial charge in [-0.1, -0.05) is 38.8 Å². The summed E-state index contributed by atoms with van der Waals surface area (Å²) in [5.74, 6) is 0.934. The smallest absolute Gasteiger partial charge is 0.00235 e. The van der Waals surface area contributed by atoms with Crippen molar-refractivity contribution in [3.8, 4) is 0 Å². The Labute approximate surface area is 94.1 Å². The normalized spacial score (nSPS) is 51.5. The van der Waals surface area contributed by atoms with Gasteiger partial charge in [0, 0.05) is 0 Å². The highest BCUT2D eigenvalue weighted by Gasteiger charge is 2.69. The third kappa shape index (κ3) is 0.797. The molecule has 0 aromatic heterocycles. The summed E-state index contributed by atoms with van der Waals surface area (Å²) in [5.41, 5.74) is 3.43. The maximum Gasteiger partial charge on any atom is -0.00235 e. The highest BCUT2D eigenvalue weighted by molar-refractivity contribution is 5.37. The second kappa shape index (κ2) is 2.52. The minimum atomic E-state index is 0.448. The van der Waals surface area contributed by atoms with E-state index in [2.05, 4.69) is 33.8 Å². The van der Waals surface area contributed by atoms with Crippen molar-refractivity contribution in [1.82, 2.24) is 0 Å². The Hall–Kier alpha value is -0.260. The fourth-order valence-electron chi connectivity index (χ4n) is 6.04. The van der Waals surface area contributed by atoms with Crippen LogP contribution in [0.5, 0.6) is 0 Å². The van der Waals surface area contributed by atoms with Gasteiger partial charge in [-0.2, -0.15) is 0 Å². The molecule has 0 aromatic rings. The van der Waals surface area contributed by atoms with E-state index in [4.69, 9.17) is 0 Å². The van der Waals surface area contributed by atoms with Gasteiger partial charge in [0.15, 0.2) is 0 Å². The molecular weight excluding hydrogens is 180 g/mol. The lowest BCUT2D eigenvalue weighted by molar-refractivity contribution is 0.0224. The van der Waals surface area contributed by atoms with Crippen molar-refractivity contribution in [1.29, 1.82) is 0 Å². The van der Waals surface area contributed by atoms with Gasteiger partial charge in [0.2, 0.25) is 0 Å². The van der Waals surface area contributed by atoms with E-state index in [9.17, 15) is 0 Å². The van der Waals surface area contributed by atoms with E-state index < -0.39 is 0 Å². The monoisotopic (exact) mass is 204 g/mol. The Balaban J connectivity index is 2.23. The molecule has 0 N–H and O–H groups in total. The average Bonchev–Trinajstić information content (AvgIpc) is 2.68. The molecule has 0 heterocycles. The topological polar surface area (TPSA) is 0 Å². The lowest BCUT2D eigenvalue weighted by atomic mass is 9.56. The second-order valence-corrected chi connectivity index (χ2v) is 6.90. The highest BCUT2D eigenvalue weighted by atomic mass is 14.7. The lowest BCUT2D eigenvalue weighted by Gasteiger charge is -2.48. The van der Waals surface area contributed by atoms with Crippen LogP contribution in [0.1, 0.15) is 59.8 Å². The van der Waals surface area contributed by atoms with Gasteiger partial charge >= 0.3 is 0 Å². The van der Waals surface area contributed by atoms with Crippen LogP contribution in [-0.2, 0) is 0 Å². The summed E-state index contributed by atoms with van der Waals surface area (Å²) in [4.78, 5) is 0. The van der Waals surface area contributed by atoms with Gasteiger partial charge in [-0.3, -0.25) is 0 Å². The number of allylic oxidation sites excluding steroid dienone is 2. The van der Waals surface area contributed by atoms with Crippen LogP contribution in [0.2, 0.25) is 0 Å². The van der Waals surface area contributed by atoms with Crippen molar-refractivity contribution >= 4 is 0 Å². The molecular formula is C15H24. The quantitative estimate of drug-likeness (QED) is 0.507. The van der Waals surface area contributed by atoms with E-state index in [0.717, 1.165) is 5.92 Å². The maximum atomic E-state index is 2.61. The average molecular weight is 204 g/mol. The highest BCUT2D eigenvalue weighted by Crippen LogP contribution is 2.78. The predicted octanol–water partition coefficient (Wildman–Crippen LogP) is 4.56. The molecule has 0 aromatic carbocycles. The summed E-state index contributed by atoms with van der Waals surface area (Å²) in [6.45, 7) is 9.91. The van der Waals surface area contributed by atoms with Crippen LogP contribution >= 0.6 is 0 Å². The van der Waals surface area contributed by atoms with E-state index in [-0.39, 0.29) is 0 Å². The summed E-state index contributed by atoms with van der Waals surface area (Å²) in [7, 11) is 0. The zero-order valence-electron chi connectivity index (χ0n) is 10.7. The van der Waals surface area contributed by atoms with Crippen LogP contribution in [-0.4, -0.2) is 0 Å². The first kappa shape index (κ1) is 9.93. The van der Waals surface area contributed by atoms with Gasteiger partial charge in [0.25, 0.3) is 0 Å². The van der Waals surface area contributed by atoms with Gasteiger partial charge < -0.3 is 0 Å². The molecule has 0 saturated heterocycles. The van der Waals surface area contributed by atoms with Crippen molar-refractivity contribution in [3.05, 3.63) is 11.6 Å². The van der Waals surface area contributed by atoms with Crippen LogP contribution in [0.15, 0.2) is 11.6 Å². The standard InChI is InChI=1S/C15H24/c1-11-6-9-14-7-5-8-15(11,14)13(3,4)10-12(14)2/h10-11H,5-9H2,1-4H3/t11-,14-,15+/m0/s1.